The van der Waals surface area contributed by atoms with Crippen molar-refractivity contribution in [1.29, 1.82) is 0 Å². The number of ketones is 1. The number of carbonyl (C=O) groups is 3. The normalized spacial score (nSPS) is 21.8. The highest BCUT2D eigenvalue weighted by Crippen LogP contribution is 2.25. The monoisotopic (exact) mass is 421 g/mol. The number of amides is 2. The van der Waals surface area contributed by atoms with Gasteiger partial charge in [-0.25, -0.2) is 8.42 Å². The van der Waals surface area contributed by atoms with Crippen molar-refractivity contribution in [3.8, 4) is 0 Å². The molecule has 0 spiro atoms. The first kappa shape index (κ1) is 21.4. The van der Waals surface area contributed by atoms with Gasteiger partial charge in [0.2, 0.25) is 21.8 Å². The van der Waals surface area contributed by atoms with E-state index in [9.17, 15) is 22.8 Å². The molecule has 2 fully saturated rings. The van der Waals surface area contributed by atoms with Gasteiger partial charge in [-0.1, -0.05) is 12.1 Å². The number of sulfonamides is 1. The summed E-state index contributed by atoms with van der Waals surface area (Å²) >= 11 is 0. The minimum atomic E-state index is -3.72. The van der Waals surface area contributed by atoms with Crippen LogP contribution < -0.4 is 10.6 Å². The number of piperidine rings is 1. The van der Waals surface area contributed by atoms with Crippen LogP contribution in [-0.2, 0) is 19.6 Å². The number of Topliss-reactive ketones (excluding diaryl/α,β-unsaturated/α-hetero) is 1. The highest BCUT2D eigenvalue weighted by molar-refractivity contribution is 7.89. The number of nitrogens with zero attached hydrogens (tertiary/aromatic N) is 1. The predicted molar refractivity (Wildman–Crippen MR) is 107 cm³/mol. The van der Waals surface area contributed by atoms with E-state index in [0.717, 1.165) is 12.8 Å². The average Bonchev–Trinajstić information content (AvgIpc) is 2.92. The molecular weight excluding hydrogens is 394 g/mol. The molecule has 0 saturated carbocycles. The Morgan fingerprint density at radius 1 is 1.14 bits per heavy atom. The summed E-state index contributed by atoms with van der Waals surface area (Å²) in [4.78, 5) is 36.2. The highest BCUT2D eigenvalue weighted by Gasteiger charge is 2.33. The van der Waals surface area contributed by atoms with Gasteiger partial charge in [-0.05, 0) is 51.2 Å². The second kappa shape index (κ2) is 9.04. The molecule has 0 bridgehead atoms. The molecule has 2 aliphatic heterocycles. The zero-order valence-electron chi connectivity index (χ0n) is 16.5. The molecule has 0 aromatic heterocycles. The zero-order chi connectivity index (χ0) is 21.0. The second-order valence-electron chi connectivity index (χ2n) is 7.61. The van der Waals surface area contributed by atoms with Crippen LogP contribution in [0.4, 0.5) is 0 Å². The summed E-state index contributed by atoms with van der Waals surface area (Å²) in [6.07, 6.45) is 3.19. The SMILES string of the molecule is CC(=O)c1cccc(S(=O)(=O)N2CCC(C(=O)N[C@H]3CCCCNC3=O)CC2)c1. The smallest absolute Gasteiger partial charge is 0.243 e. The Balaban J connectivity index is 1.60. The van der Waals surface area contributed by atoms with Crippen molar-refractivity contribution in [3.63, 3.8) is 0 Å². The van der Waals surface area contributed by atoms with Crippen LogP contribution in [0.15, 0.2) is 29.2 Å². The molecular formula is C20H27N3O5S. The number of benzene rings is 1. The Morgan fingerprint density at radius 3 is 2.55 bits per heavy atom. The summed E-state index contributed by atoms with van der Waals surface area (Å²) in [5.41, 5.74) is 0.349. The van der Waals surface area contributed by atoms with Gasteiger partial charge in [0.25, 0.3) is 0 Å². The summed E-state index contributed by atoms with van der Waals surface area (Å²) in [5.74, 6) is -0.857. The third kappa shape index (κ3) is 5.02. The third-order valence-electron chi connectivity index (χ3n) is 5.55. The van der Waals surface area contributed by atoms with Crippen LogP contribution in [0.5, 0.6) is 0 Å². The fourth-order valence-electron chi connectivity index (χ4n) is 3.75. The van der Waals surface area contributed by atoms with Crippen LogP contribution in [0.3, 0.4) is 0 Å². The van der Waals surface area contributed by atoms with E-state index >= 15 is 0 Å². The van der Waals surface area contributed by atoms with E-state index in [1.807, 2.05) is 0 Å². The van der Waals surface area contributed by atoms with Crippen molar-refractivity contribution in [2.24, 2.45) is 5.92 Å². The summed E-state index contributed by atoms with van der Waals surface area (Å²) in [6.45, 7) is 2.47. The molecule has 2 amide bonds. The fraction of sp³-hybridized carbons (Fsp3) is 0.550. The van der Waals surface area contributed by atoms with E-state index < -0.39 is 16.1 Å². The lowest BCUT2D eigenvalue weighted by Crippen LogP contribution is -2.49. The Labute approximate surface area is 171 Å². The maximum Gasteiger partial charge on any atom is 0.243 e. The van der Waals surface area contributed by atoms with Crippen molar-refractivity contribution >= 4 is 27.6 Å². The van der Waals surface area contributed by atoms with Gasteiger partial charge < -0.3 is 10.6 Å². The second-order valence-corrected chi connectivity index (χ2v) is 9.55. The van der Waals surface area contributed by atoms with Crippen molar-refractivity contribution in [1.82, 2.24) is 14.9 Å². The first-order valence-electron chi connectivity index (χ1n) is 9.98. The minimum Gasteiger partial charge on any atom is -0.354 e. The molecule has 2 heterocycles. The molecule has 1 aromatic rings. The molecule has 9 heteroatoms. The van der Waals surface area contributed by atoms with E-state index in [4.69, 9.17) is 0 Å². The standard InChI is InChI=1S/C20H27N3O5S/c1-14(24)16-5-4-6-17(13-16)29(27,28)23-11-8-15(9-12-23)19(25)22-18-7-2-3-10-21-20(18)26/h4-6,13,15,18H,2-3,7-12H2,1H3,(H,21,26)(H,22,25)/t18-/m0/s1. The summed E-state index contributed by atoms with van der Waals surface area (Å²) < 4.78 is 27.2. The largest absolute Gasteiger partial charge is 0.354 e. The molecule has 1 aromatic carbocycles. The number of hydrogen-bond acceptors (Lipinski definition) is 5. The van der Waals surface area contributed by atoms with Gasteiger partial charge >= 0.3 is 0 Å². The quantitative estimate of drug-likeness (QED) is 0.691. The molecule has 158 valence electrons. The lowest BCUT2D eigenvalue weighted by Gasteiger charge is -2.31. The average molecular weight is 422 g/mol. The molecule has 0 aliphatic carbocycles. The van der Waals surface area contributed by atoms with Crippen molar-refractivity contribution in [3.05, 3.63) is 29.8 Å². The van der Waals surface area contributed by atoms with Gasteiger partial charge in [0.05, 0.1) is 4.90 Å². The molecule has 1 atom stereocenters. The van der Waals surface area contributed by atoms with E-state index in [0.29, 0.717) is 31.4 Å². The molecule has 3 rings (SSSR count). The van der Waals surface area contributed by atoms with Crippen LogP contribution >= 0.6 is 0 Å². The summed E-state index contributed by atoms with van der Waals surface area (Å²) in [5, 5.41) is 5.62. The molecule has 0 unspecified atom stereocenters. The Morgan fingerprint density at radius 2 is 1.86 bits per heavy atom. The van der Waals surface area contributed by atoms with Gasteiger partial charge in [-0.15, -0.1) is 0 Å². The molecule has 29 heavy (non-hydrogen) atoms. The first-order chi connectivity index (χ1) is 13.8. The lowest BCUT2D eigenvalue weighted by atomic mass is 9.96. The minimum absolute atomic E-state index is 0.0863. The Kier molecular flexibility index (Phi) is 6.69. The fourth-order valence-corrected chi connectivity index (χ4v) is 5.27. The Bertz CT molecular complexity index is 891. The van der Waals surface area contributed by atoms with Gasteiger partial charge in [0, 0.05) is 31.1 Å². The molecule has 2 aliphatic rings. The number of rotatable bonds is 5. The van der Waals surface area contributed by atoms with Gasteiger partial charge in [-0.2, -0.15) is 4.31 Å². The number of hydrogen-bond donors (Lipinski definition) is 2. The van der Waals surface area contributed by atoms with Crippen molar-refractivity contribution in [2.75, 3.05) is 19.6 Å². The van der Waals surface area contributed by atoms with Gasteiger partial charge in [0.15, 0.2) is 5.78 Å². The van der Waals surface area contributed by atoms with Crippen LogP contribution in [0.2, 0.25) is 0 Å². The summed E-state index contributed by atoms with van der Waals surface area (Å²) in [7, 11) is -3.72. The molecule has 0 radical (unpaired) electrons. The van der Waals surface area contributed by atoms with Crippen LogP contribution in [0.1, 0.15) is 49.4 Å². The van der Waals surface area contributed by atoms with Crippen molar-refractivity contribution in [2.45, 2.75) is 50.0 Å². The highest BCUT2D eigenvalue weighted by atomic mass is 32.2. The van der Waals surface area contributed by atoms with Crippen LogP contribution in [0, 0.1) is 5.92 Å². The molecule has 8 nitrogen and oxygen atoms in total. The van der Waals surface area contributed by atoms with Crippen LogP contribution in [-0.4, -0.2) is 56.0 Å². The Hall–Kier alpha value is -2.26. The van der Waals surface area contributed by atoms with Crippen LogP contribution in [0.25, 0.3) is 0 Å². The van der Waals surface area contributed by atoms with Crippen molar-refractivity contribution < 1.29 is 22.8 Å². The first-order valence-corrected chi connectivity index (χ1v) is 11.4. The van der Waals surface area contributed by atoms with Gasteiger partial charge in [0.1, 0.15) is 6.04 Å². The van der Waals surface area contributed by atoms with Gasteiger partial charge in [-0.3, -0.25) is 14.4 Å². The molecule has 2 saturated heterocycles. The van der Waals surface area contributed by atoms with E-state index in [2.05, 4.69) is 10.6 Å². The predicted octanol–water partition coefficient (Wildman–Crippen LogP) is 1.07. The number of nitrogens with one attached hydrogen (secondary N) is 2. The third-order valence-corrected chi connectivity index (χ3v) is 7.45. The van der Waals surface area contributed by atoms with E-state index in [-0.39, 0.29) is 41.5 Å². The maximum absolute atomic E-state index is 12.9. The van der Waals surface area contributed by atoms with E-state index in [1.165, 1.54) is 23.4 Å². The number of carbonyl (C=O) groups excluding carboxylic acids is 3. The summed E-state index contributed by atoms with van der Waals surface area (Å²) in [6, 6.07) is 5.50. The zero-order valence-corrected chi connectivity index (χ0v) is 17.3. The maximum atomic E-state index is 12.9. The molecule has 2 N–H and O–H groups in total. The van der Waals surface area contributed by atoms with E-state index in [1.54, 1.807) is 12.1 Å². The topological polar surface area (TPSA) is 113 Å². The lowest BCUT2D eigenvalue weighted by molar-refractivity contribution is -0.131.